The van der Waals surface area contributed by atoms with Gasteiger partial charge in [-0.05, 0) is 31.9 Å². The number of halogens is 1. The fourth-order valence-electron chi connectivity index (χ4n) is 1.75. The molecule has 0 saturated carbocycles. The topological polar surface area (TPSA) is 12.0 Å². The molecule has 0 fully saturated rings. The summed E-state index contributed by atoms with van der Waals surface area (Å²) in [6, 6.07) is 8.66. The maximum absolute atomic E-state index is 5.62. The normalized spacial score (nSPS) is 10.6. The minimum absolute atomic E-state index is 0.802. The number of benzene rings is 1. The highest BCUT2D eigenvalue weighted by Gasteiger charge is 1.93. The van der Waals surface area contributed by atoms with Crippen molar-refractivity contribution in [3.8, 4) is 0 Å². The molecule has 0 spiro atoms. The maximum atomic E-state index is 5.62. The third kappa shape index (κ3) is 6.14. The number of alkyl halides is 1. The van der Waals surface area contributed by atoms with Crippen LogP contribution >= 0.6 is 11.6 Å². The molecule has 0 aliphatic carbocycles. The molecule has 90 valence electrons. The average molecular weight is 240 g/mol. The molecule has 0 radical (unpaired) electrons. The van der Waals surface area contributed by atoms with Crippen LogP contribution in [0.15, 0.2) is 24.3 Å². The van der Waals surface area contributed by atoms with E-state index in [9.17, 15) is 0 Å². The smallest absolute Gasteiger partial charge is 0.0223 e. The monoisotopic (exact) mass is 239 g/mol. The Kier molecular flexibility index (Phi) is 7.28. The number of unbranched alkanes of at least 4 members (excludes halogenated alkanes) is 3. The summed E-state index contributed by atoms with van der Waals surface area (Å²) in [5.41, 5.74) is 2.71. The Hall–Kier alpha value is -0.530. The van der Waals surface area contributed by atoms with Crippen LogP contribution in [-0.4, -0.2) is 12.4 Å². The maximum Gasteiger partial charge on any atom is 0.0223 e. The Balaban J connectivity index is 2.03. The van der Waals surface area contributed by atoms with Gasteiger partial charge in [-0.2, -0.15) is 0 Å². The summed E-state index contributed by atoms with van der Waals surface area (Å²) < 4.78 is 0. The summed E-state index contributed by atoms with van der Waals surface area (Å²) >= 11 is 5.62. The predicted octanol–water partition coefficient (Wildman–Crippen LogP) is 3.88. The van der Waals surface area contributed by atoms with E-state index in [0.717, 1.165) is 25.4 Å². The third-order valence-electron chi connectivity index (χ3n) is 2.65. The summed E-state index contributed by atoms with van der Waals surface area (Å²) in [6.45, 7) is 4.23. The van der Waals surface area contributed by atoms with Crippen LogP contribution in [0.2, 0.25) is 0 Å². The molecule has 0 bridgehead atoms. The van der Waals surface area contributed by atoms with Crippen molar-refractivity contribution >= 4 is 11.6 Å². The van der Waals surface area contributed by atoms with Gasteiger partial charge < -0.3 is 5.32 Å². The SMILES string of the molecule is Cc1cccc(CNCCCCCCCl)c1. The summed E-state index contributed by atoms with van der Waals surface area (Å²) in [4.78, 5) is 0. The van der Waals surface area contributed by atoms with Gasteiger partial charge in [-0.15, -0.1) is 11.6 Å². The van der Waals surface area contributed by atoms with Gasteiger partial charge in [-0.25, -0.2) is 0 Å². The molecular formula is C14H22ClN. The van der Waals surface area contributed by atoms with Crippen LogP contribution in [0.25, 0.3) is 0 Å². The lowest BCUT2D eigenvalue weighted by Gasteiger charge is -2.05. The zero-order valence-electron chi connectivity index (χ0n) is 10.1. The van der Waals surface area contributed by atoms with E-state index in [1.807, 2.05) is 0 Å². The Labute approximate surface area is 104 Å². The second kappa shape index (κ2) is 8.60. The number of aryl methyl sites for hydroxylation is 1. The number of hydrogen-bond donors (Lipinski definition) is 1. The van der Waals surface area contributed by atoms with Gasteiger partial charge in [0, 0.05) is 12.4 Å². The number of hydrogen-bond acceptors (Lipinski definition) is 1. The zero-order chi connectivity index (χ0) is 11.6. The average Bonchev–Trinajstić information content (AvgIpc) is 2.28. The summed E-state index contributed by atoms with van der Waals surface area (Å²) in [7, 11) is 0. The van der Waals surface area contributed by atoms with Crippen LogP contribution in [-0.2, 0) is 6.54 Å². The fraction of sp³-hybridized carbons (Fsp3) is 0.571. The number of nitrogens with one attached hydrogen (secondary N) is 1. The molecule has 1 aromatic rings. The highest BCUT2D eigenvalue weighted by atomic mass is 35.5. The summed E-state index contributed by atoms with van der Waals surface area (Å²) in [6.07, 6.45) is 4.95. The van der Waals surface area contributed by atoms with Crippen LogP contribution < -0.4 is 5.32 Å². The van der Waals surface area contributed by atoms with Crippen LogP contribution in [0.5, 0.6) is 0 Å². The highest BCUT2D eigenvalue weighted by molar-refractivity contribution is 6.17. The van der Waals surface area contributed by atoms with Crippen molar-refractivity contribution in [2.75, 3.05) is 12.4 Å². The van der Waals surface area contributed by atoms with Crippen molar-refractivity contribution in [3.63, 3.8) is 0 Å². The van der Waals surface area contributed by atoms with Gasteiger partial charge in [-0.1, -0.05) is 42.7 Å². The lowest BCUT2D eigenvalue weighted by molar-refractivity contribution is 0.599. The Morgan fingerprint density at radius 3 is 2.69 bits per heavy atom. The molecule has 0 aromatic heterocycles. The van der Waals surface area contributed by atoms with Gasteiger partial charge in [0.25, 0.3) is 0 Å². The lowest BCUT2D eigenvalue weighted by Crippen LogP contribution is -2.14. The molecular weight excluding hydrogens is 218 g/mol. The second-order valence-corrected chi connectivity index (χ2v) is 4.65. The van der Waals surface area contributed by atoms with Crippen LogP contribution in [0.3, 0.4) is 0 Å². The minimum Gasteiger partial charge on any atom is -0.313 e. The van der Waals surface area contributed by atoms with Gasteiger partial charge in [0.15, 0.2) is 0 Å². The first-order valence-corrected chi connectivity index (χ1v) is 6.68. The highest BCUT2D eigenvalue weighted by Crippen LogP contribution is 2.04. The van der Waals surface area contributed by atoms with E-state index in [2.05, 4.69) is 36.5 Å². The number of rotatable bonds is 8. The van der Waals surface area contributed by atoms with Gasteiger partial charge >= 0.3 is 0 Å². The van der Waals surface area contributed by atoms with Crippen LogP contribution in [0.1, 0.15) is 36.8 Å². The molecule has 0 unspecified atom stereocenters. The lowest BCUT2D eigenvalue weighted by atomic mass is 10.1. The van der Waals surface area contributed by atoms with E-state index in [-0.39, 0.29) is 0 Å². The van der Waals surface area contributed by atoms with E-state index in [0.29, 0.717) is 0 Å². The van der Waals surface area contributed by atoms with Crippen LogP contribution in [0.4, 0.5) is 0 Å². The van der Waals surface area contributed by atoms with E-state index >= 15 is 0 Å². The summed E-state index contributed by atoms with van der Waals surface area (Å²) in [5, 5.41) is 3.47. The molecule has 0 atom stereocenters. The molecule has 1 rings (SSSR count). The molecule has 0 saturated heterocycles. The molecule has 1 aromatic carbocycles. The standard InChI is InChI=1S/C14H22ClN/c1-13-7-6-8-14(11-13)12-16-10-5-3-2-4-9-15/h6-8,11,16H,2-5,9-10,12H2,1H3. The Morgan fingerprint density at radius 1 is 1.12 bits per heavy atom. The Morgan fingerprint density at radius 2 is 1.94 bits per heavy atom. The van der Waals surface area contributed by atoms with E-state index < -0.39 is 0 Å². The van der Waals surface area contributed by atoms with Gasteiger partial charge in [-0.3, -0.25) is 0 Å². The van der Waals surface area contributed by atoms with Crippen molar-refractivity contribution in [1.82, 2.24) is 5.32 Å². The quantitative estimate of drug-likeness (QED) is 0.536. The fourth-order valence-corrected chi connectivity index (χ4v) is 1.94. The molecule has 0 amide bonds. The van der Waals surface area contributed by atoms with E-state index in [1.165, 1.54) is 30.4 Å². The Bertz CT molecular complexity index is 286. The predicted molar refractivity (Wildman–Crippen MR) is 72.1 cm³/mol. The van der Waals surface area contributed by atoms with Crippen molar-refractivity contribution in [3.05, 3.63) is 35.4 Å². The van der Waals surface area contributed by atoms with Crippen molar-refractivity contribution in [1.29, 1.82) is 0 Å². The van der Waals surface area contributed by atoms with Gasteiger partial charge in [0.1, 0.15) is 0 Å². The molecule has 0 aliphatic heterocycles. The summed E-state index contributed by atoms with van der Waals surface area (Å²) in [5.74, 6) is 0.802. The van der Waals surface area contributed by atoms with Crippen LogP contribution in [0, 0.1) is 6.92 Å². The molecule has 0 heterocycles. The molecule has 2 heteroatoms. The van der Waals surface area contributed by atoms with Crippen molar-refractivity contribution in [2.24, 2.45) is 0 Å². The minimum atomic E-state index is 0.802. The van der Waals surface area contributed by atoms with Crippen molar-refractivity contribution in [2.45, 2.75) is 39.2 Å². The molecule has 0 aliphatic rings. The first kappa shape index (κ1) is 13.5. The third-order valence-corrected chi connectivity index (χ3v) is 2.92. The van der Waals surface area contributed by atoms with Crippen molar-refractivity contribution < 1.29 is 0 Å². The molecule has 1 N–H and O–H groups in total. The van der Waals surface area contributed by atoms with E-state index in [1.54, 1.807) is 0 Å². The molecule has 1 nitrogen and oxygen atoms in total. The zero-order valence-corrected chi connectivity index (χ0v) is 10.9. The first-order chi connectivity index (χ1) is 7.83. The second-order valence-electron chi connectivity index (χ2n) is 4.27. The largest absolute Gasteiger partial charge is 0.313 e. The van der Waals surface area contributed by atoms with Gasteiger partial charge in [0.2, 0.25) is 0 Å². The molecule has 16 heavy (non-hydrogen) atoms. The first-order valence-electron chi connectivity index (χ1n) is 6.15. The van der Waals surface area contributed by atoms with E-state index in [4.69, 9.17) is 11.6 Å². The van der Waals surface area contributed by atoms with Gasteiger partial charge in [0.05, 0.1) is 0 Å².